The molecule has 1 atom stereocenters. The standard InChI is InChI=1S/C11H15N5O3/c17-11-8(6-19-15-11)14-9-5-10(13-7-12-9)16-1-3-18-4-2-16/h5,7-8H,1-4,6H2,(H,15,17)(H,12,13,14). The van der Waals surface area contributed by atoms with Crippen LogP contribution in [0.4, 0.5) is 11.6 Å². The zero-order valence-corrected chi connectivity index (χ0v) is 10.3. The Hall–Kier alpha value is -1.93. The summed E-state index contributed by atoms with van der Waals surface area (Å²) in [5, 5.41) is 3.02. The van der Waals surface area contributed by atoms with E-state index >= 15 is 0 Å². The van der Waals surface area contributed by atoms with Gasteiger partial charge in [-0.15, -0.1) is 0 Å². The summed E-state index contributed by atoms with van der Waals surface area (Å²) < 4.78 is 5.30. The van der Waals surface area contributed by atoms with Crippen molar-refractivity contribution < 1.29 is 14.4 Å². The number of hydrogen-bond donors (Lipinski definition) is 2. The summed E-state index contributed by atoms with van der Waals surface area (Å²) >= 11 is 0. The fourth-order valence-electron chi connectivity index (χ4n) is 2.02. The van der Waals surface area contributed by atoms with Gasteiger partial charge in [0.1, 0.15) is 30.6 Å². The fraction of sp³-hybridized carbons (Fsp3) is 0.545. The van der Waals surface area contributed by atoms with E-state index in [2.05, 4.69) is 25.7 Å². The van der Waals surface area contributed by atoms with Gasteiger partial charge in [0.25, 0.3) is 5.91 Å². The first-order valence-corrected chi connectivity index (χ1v) is 6.16. The minimum atomic E-state index is -0.410. The van der Waals surface area contributed by atoms with E-state index in [0.717, 1.165) is 18.9 Å². The van der Waals surface area contributed by atoms with Gasteiger partial charge < -0.3 is 15.0 Å². The number of hydrogen-bond acceptors (Lipinski definition) is 7. The highest BCUT2D eigenvalue weighted by Gasteiger charge is 2.25. The van der Waals surface area contributed by atoms with E-state index in [1.807, 2.05) is 6.07 Å². The molecule has 0 aromatic carbocycles. The van der Waals surface area contributed by atoms with E-state index in [9.17, 15) is 4.79 Å². The molecule has 1 amide bonds. The molecule has 19 heavy (non-hydrogen) atoms. The van der Waals surface area contributed by atoms with E-state index < -0.39 is 6.04 Å². The van der Waals surface area contributed by atoms with Crippen LogP contribution < -0.4 is 15.7 Å². The Morgan fingerprint density at radius 1 is 1.37 bits per heavy atom. The first kappa shape index (κ1) is 12.1. The molecule has 2 N–H and O–H groups in total. The largest absolute Gasteiger partial charge is 0.378 e. The summed E-state index contributed by atoms with van der Waals surface area (Å²) in [5.41, 5.74) is 2.30. The van der Waals surface area contributed by atoms with Crippen molar-refractivity contribution in [3.8, 4) is 0 Å². The molecule has 0 spiro atoms. The quantitative estimate of drug-likeness (QED) is 0.736. The van der Waals surface area contributed by atoms with Gasteiger partial charge in [-0.05, 0) is 0 Å². The molecule has 0 radical (unpaired) electrons. The first-order chi connectivity index (χ1) is 9.33. The average molecular weight is 265 g/mol. The van der Waals surface area contributed by atoms with E-state index in [-0.39, 0.29) is 12.5 Å². The van der Waals surface area contributed by atoms with Crippen LogP contribution in [0.5, 0.6) is 0 Å². The molecule has 8 nitrogen and oxygen atoms in total. The number of hydroxylamine groups is 1. The van der Waals surface area contributed by atoms with Crippen molar-refractivity contribution in [3.63, 3.8) is 0 Å². The topological polar surface area (TPSA) is 88.6 Å². The maximum absolute atomic E-state index is 11.4. The van der Waals surface area contributed by atoms with Gasteiger partial charge in [-0.25, -0.2) is 15.4 Å². The summed E-state index contributed by atoms with van der Waals surface area (Å²) in [6, 6.07) is 1.42. The Balaban J connectivity index is 1.70. The Morgan fingerprint density at radius 3 is 2.95 bits per heavy atom. The second kappa shape index (κ2) is 5.37. The molecule has 3 heterocycles. The van der Waals surface area contributed by atoms with Crippen LogP contribution in [0.15, 0.2) is 12.4 Å². The van der Waals surface area contributed by atoms with Crippen LogP contribution in [-0.2, 0) is 14.4 Å². The lowest BCUT2D eigenvalue weighted by Gasteiger charge is -2.27. The van der Waals surface area contributed by atoms with Crippen molar-refractivity contribution in [1.82, 2.24) is 15.4 Å². The number of rotatable bonds is 3. The number of aromatic nitrogens is 2. The number of nitrogens with one attached hydrogen (secondary N) is 2. The van der Waals surface area contributed by atoms with Crippen molar-refractivity contribution in [3.05, 3.63) is 12.4 Å². The van der Waals surface area contributed by atoms with Gasteiger partial charge in [-0.2, -0.15) is 0 Å². The third-order valence-electron chi connectivity index (χ3n) is 3.05. The minimum absolute atomic E-state index is 0.188. The Kier molecular flexibility index (Phi) is 3.43. The normalized spacial score (nSPS) is 23.3. The Bertz CT molecular complexity index is 463. The van der Waals surface area contributed by atoms with Gasteiger partial charge in [0.15, 0.2) is 0 Å². The van der Waals surface area contributed by atoms with Crippen LogP contribution in [0.2, 0.25) is 0 Å². The van der Waals surface area contributed by atoms with Crippen molar-refractivity contribution in [2.45, 2.75) is 6.04 Å². The molecule has 2 saturated heterocycles. The number of carbonyl (C=O) groups is 1. The molecule has 8 heteroatoms. The number of amides is 1. The molecular formula is C11H15N5O3. The second-order valence-corrected chi connectivity index (χ2v) is 4.34. The highest BCUT2D eigenvalue weighted by molar-refractivity contribution is 5.85. The van der Waals surface area contributed by atoms with Gasteiger partial charge in [0, 0.05) is 19.2 Å². The number of nitrogens with zero attached hydrogens (tertiary/aromatic N) is 3. The van der Waals surface area contributed by atoms with E-state index in [1.54, 1.807) is 0 Å². The first-order valence-electron chi connectivity index (χ1n) is 6.16. The molecule has 3 rings (SSSR count). The lowest BCUT2D eigenvalue weighted by Crippen LogP contribution is -2.37. The van der Waals surface area contributed by atoms with Gasteiger partial charge in [-0.1, -0.05) is 0 Å². The van der Waals surface area contributed by atoms with Crippen LogP contribution in [0, 0.1) is 0 Å². The summed E-state index contributed by atoms with van der Waals surface area (Å²) in [6.45, 7) is 3.31. The molecule has 0 bridgehead atoms. The Labute approximate surface area is 110 Å². The van der Waals surface area contributed by atoms with Crippen LogP contribution in [0.1, 0.15) is 0 Å². The molecule has 1 aromatic heterocycles. The number of carbonyl (C=O) groups excluding carboxylic acids is 1. The second-order valence-electron chi connectivity index (χ2n) is 4.34. The molecule has 0 aliphatic carbocycles. The third kappa shape index (κ3) is 2.74. The van der Waals surface area contributed by atoms with Crippen LogP contribution in [-0.4, -0.2) is 54.8 Å². The molecule has 2 aliphatic rings. The van der Waals surface area contributed by atoms with Crippen LogP contribution in [0.25, 0.3) is 0 Å². The lowest BCUT2D eigenvalue weighted by atomic mass is 10.3. The summed E-state index contributed by atoms with van der Waals surface area (Å²) in [5.74, 6) is 1.26. The minimum Gasteiger partial charge on any atom is -0.378 e. The number of ether oxygens (including phenoxy) is 1. The molecule has 102 valence electrons. The van der Waals surface area contributed by atoms with Gasteiger partial charge in [-0.3, -0.25) is 9.63 Å². The maximum atomic E-state index is 11.4. The zero-order chi connectivity index (χ0) is 13.1. The average Bonchev–Trinajstić information content (AvgIpc) is 2.86. The summed E-state index contributed by atoms with van der Waals surface area (Å²) in [4.78, 5) is 26.7. The van der Waals surface area contributed by atoms with E-state index in [0.29, 0.717) is 19.0 Å². The molecule has 0 saturated carbocycles. The van der Waals surface area contributed by atoms with Crippen LogP contribution in [0.3, 0.4) is 0 Å². The van der Waals surface area contributed by atoms with E-state index in [1.165, 1.54) is 6.33 Å². The highest BCUT2D eigenvalue weighted by atomic mass is 16.7. The van der Waals surface area contributed by atoms with Crippen molar-refractivity contribution in [2.24, 2.45) is 0 Å². The molecule has 2 aliphatic heterocycles. The summed E-state index contributed by atoms with van der Waals surface area (Å²) in [6.07, 6.45) is 1.49. The predicted molar refractivity (Wildman–Crippen MR) is 66.6 cm³/mol. The van der Waals surface area contributed by atoms with Crippen molar-refractivity contribution in [2.75, 3.05) is 43.1 Å². The summed E-state index contributed by atoms with van der Waals surface area (Å²) in [7, 11) is 0. The number of morpholine rings is 1. The van der Waals surface area contributed by atoms with Crippen molar-refractivity contribution >= 4 is 17.5 Å². The van der Waals surface area contributed by atoms with Gasteiger partial charge in [0.2, 0.25) is 0 Å². The highest BCUT2D eigenvalue weighted by Crippen LogP contribution is 2.16. The lowest BCUT2D eigenvalue weighted by molar-refractivity contribution is -0.124. The number of anilines is 2. The molecule has 2 fully saturated rings. The van der Waals surface area contributed by atoms with E-state index in [4.69, 9.17) is 9.57 Å². The smallest absolute Gasteiger partial charge is 0.268 e. The zero-order valence-electron chi connectivity index (χ0n) is 10.3. The predicted octanol–water partition coefficient (Wildman–Crippen LogP) is -0.845. The van der Waals surface area contributed by atoms with Crippen molar-refractivity contribution in [1.29, 1.82) is 0 Å². The third-order valence-corrected chi connectivity index (χ3v) is 3.05. The molecule has 1 aromatic rings. The van der Waals surface area contributed by atoms with Gasteiger partial charge >= 0.3 is 0 Å². The maximum Gasteiger partial charge on any atom is 0.268 e. The monoisotopic (exact) mass is 265 g/mol. The molecule has 1 unspecified atom stereocenters. The Morgan fingerprint density at radius 2 is 2.21 bits per heavy atom. The SMILES string of the molecule is O=C1NOCC1Nc1cc(N2CCOCC2)ncn1. The van der Waals surface area contributed by atoms with Gasteiger partial charge in [0.05, 0.1) is 13.2 Å². The fourth-order valence-corrected chi connectivity index (χ4v) is 2.02. The molecular weight excluding hydrogens is 250 g/mol. The van der Waals surface area contributed by atoms with Crippen LogP contribution >= 0.6 is 0 Å².